The number of allylic oxidation sites excluding steroid dienone is 1. The lowest BCUT2D eigenvalue weighted by Crippen LogP contribution is -2.17. The van der Waals surface area contributed by atoms with Gasteiger partial charge in [0.25, 0.3) is 0 Å². The van der Waals surface area contributed by atoms with Crippen LogP contribution in [0.15, 0.2) is 225 Å². The molecule has 0 aliphatic carbocycles. The van der Waals surface area contributed by atoms with Crippen molar-refractivity contribution in [3.63, 3.8) is 0 Å². The molecule has 2 aromatic heterocycles. The fourth-order valence-electron chi connectivity index (χ4n) is 8.78. The quantitative estimate of drug-likeness (QED) is 0.0196. The summed E-state index contributed by atoms with van der Waals surface area (Å²) in [5.41, 5.74) is 11.2. The van der Waals surface area contributed by atoms with Crippen LogP contribution in [0.25, 0.3) is 50.8 Å². The molecule has 0 bridgehead atoms. The number of benzene rings is 8. The van der Waals surface area contributed by atoms with Crippen LogP contribution in [0.3, 0.4) is 0 Å². The van der Waals surface area contributed by atoms with E-state index in [0.717, 1.165) is 56.3 Å². The van der Waals surface area contributed by atoms with E-state index in [1.54, 1.807) is 107 Å². The van der Waals surface area contributed by atoms with Gasteiger partial charge >= 0.3 is 0 Å². The van der Waals surface area contributed by atoms with Crippen LogP contribution >= 0.6 is 0 Å². The van der Waals surface area contributed by atoms with Crippen molar-refractivity contribution in [2.24, 2.45) is 0 Å². The van der Waals surface area contributed by atoms with Gasteiger partial charge in [-0.3, -0.25) is 19.7 Å². The molecule has 4 N–H and O–H groups in total. The number of phenolic OH excluding ortho intramolecular Hbond substituents is 2. The predicted octanol–water partition coefficient (Wildman–Crippen LogP) is 15.1. The van der Waals surface area contributed by atoms with Crippen LogP contribution in [-0.4, -0.2) is 85.9 Å². The smallest absolute Gasteiger partial charge is 0.211 e. The Balaban J connectivity index is 0.000000161. The number of aromatic hydroxyl groups is 2. The van der Waals surface area contributed by atoms with Crippen LogP contribution in [0.4, 0.5) is 0 Å². The lowest BCUT2D eigenvalue weighted by atomic mass is 9.91. The number of aromatic nitrogens is 2. The number of hydrogen-bond donors (Lipinski definition) is 4. The number of aromatic amines is 2. The van der Waals surface area contributed by atoms with Gasteiger partial charge in [-0.1, -0.05) is 152 Å². The standard InChI is InChI=1S/C18H19NO5.C18H17NO2.C17H16O3.C16H13NO2/c1-23-17-9-8-14(11-18(17)24-2)15(12-19(21)22)10-16(20)13-6-4-3-5-7-13;1-20-17-9-8-14(11-18(17)21-2)15-10-16(19-12-15)13-6-4-3-5-7-13;1-19-16-11-9-13(12-17(16)20-2)8-10-15(18)14-6-4-3-5-7-14;18-15-7-6-12(9-16(15)19)13-8-14(17-10-13)11-4-2-1-3-5-11/h3-9,11,15H,10,12H2,1-2H3;3-12,19H,1-2H3;3-12H,1-2H3;1-10,17-19H/b;;10-8+;. The summed E-state index contributed by atoms with van der Waals surface area (Å²) in [5, 5.41) is 29.9. The van der Waals surface area contributed by atoms with Crippen LogP contribution in [0.2, 0.25) is 0 Å². The predicted molar refractivity (Wildman–Crippen MR) is 329 cm³/mol. The molecular formula is C69H65N3O12. The first-order chi connectivity index (χ1) is 40.8. The zero-order valence-electron chi connectivity index (χ0n) is 47.4. The minimum absolute atomic E-state index is 0.0274. The first-order valence-corrected chi connectivity index (χ1v) is 26.5. The number of ketones is 2. The summed E-state index contributed by atoms with van der Waals surface area (Å²) in [4.78, 5) is 41.5. The van der Waals surface area contributed by atoms with E-state index in [2.05, 4.69) is 28.2 Å². The van der Waals surface area contributed by atoms with Crippen molar-refractivity contribution in [1.29, 1.82) is 0 Å². The molecule has 10 aromatic rings. The van der Waals surface area contributed by atoms with Gasteiger partial charge in [0.05, 0.1) is 48.6 Å². The molecule has 0 aliphatic heterocycles. The molecule has 1 unspecified atom stereocenters. The number of Topliss-reactive ketones (excluding diaryl/α,β-unsaturated/α-hetero) is 1. The fourth-order valence-corrected chi connectivity index (χ4v) is 8.78. The van der Waals surface area contributed by atoms with Crippen molar-refractivity contribution in [3.05, 3.63) is 257 Å². The Morgan fingerprint density at radius 2 is 0.905 bits per heavy atom. The Kier molecular flexibility index (Phi) is 22.2. The largest absolute Gasteiger partial charge is 0.504 e. The van der Waals surface area contributed by atoms with E-state index in [-0.39, 0.29) is 36.0 Å². The van der Waals surface area contributed by atoms with E-state index in [4.69, 9.17) is 28.4 Å². The Hall–Kier alpha value is -10.8. The normalized spacial score (nSPS) is 10.8. The van der Waals surface area contributed by atoms with E-state index in [9.17, 15) is 29.9 Å². The number of methoxy groups -OCH3 is 6. The summed E-state index contributed by atoms with van der Waals surface area (Å²) < 4.78 is 31.4. The number of ether oxygens (including phenoxy) is 6. The zero-order chi connectivity index (χ0) is 59.8. The third kappa shape index (κ3) is 16.9. The minimum Gasteiger partial charge on any atom is -0.504 e. The van der Waals surface area contributed by atoms with Gasteiger partial charge in [-0.2, -0.15) is 0 Å². The van der Waals surface area contributed by atoms with Crippen molar-refractivity contribution < 1.29 is 53.1 Å². The number of hydrogen-bond acceptors (Lipinski definition) is 12. The van der Waals surface area contributed by atoms with Crippen LogP contribution in [-0.2, 0) is 0 Å². The highest BCUT2D eigenvalue weighted by atomic mass is 16.6. The van der Waals surface area contributed by atoms with E-state index in [1.165, 1.54) is 25.8 Å². The van der Waals surface area contributed by atoms with E-state index >= 15 is 0 Å². The highest BCUT2D eigenvalue weighted by molar-refractivity contribution is 6.06. The summed E-state index contributed by atoms with van der Waals surface area (Å²) in [6, 6.07) is 63.7. The van der Waals surface area contributed by atoms with Gasteiger partial charge in [0.1, 0.15) is 0 Å². The van der Waals surface area contributed by atoms with Gasteiger partial charge in [0, 0.05) is 46.3 Å². The fraction of sp³-hybridized carbons (Fsp3) is 0.130. The number of phenols is 2. The Morgan fingerprint density at radius 1 is 0.464 bits per heavy atom. The third-order valence-electron chi connectivity index (χ3n) is 13.2. The average Bonchev–Trinajstić information content (AvgIpc) is 4.42. The van der Waals surface area contributed by atoms with Crippen LogP contribution < -0.4 is 28.4 Å². The Bertz CT molecular complexity index is 3750. The molecule has 15 heteroatoms. The maximum Gasteiger partial charge on any atom is 0.211 e. The van der Waals surface area contributed by atoms with Crippen LogP contribution in [0, 0.1) is 10.1 Å². The summed E-state index contributed by atoms with van der Waals surface area (Å²) >= 11 is 0. The van der Waals surface area contributed by atoms with Gasteiger partial charge in [0.2, 0.25) is 6.54 Å². The summed E-state index contributed by atoms with van der Waals surface area (Å²) in [6.07, 6.45) is 7.26. The molecule has 8 aromatic carbocycles. The van der Waals surface area contributed by atoms with Gasteiger partial charge in [0.15, 0.2) is 57.6 Å². The molecular weight excluding hydrogens is 1060 g/mol. The summed E-state index contributed by atoms with van der Waals surface area (Å²) in [7, 11) is 9.48. The third-order valence-corrected chi connectivity index (χ3v) is 13.2. The SMILES string of the molecule is COc1ccc(-c2c[nH]c(-c3ccccc3)c2)cc1OC.COc1ccc(/C=C/C(=O)c2ccccc2)cc1OC.COc1ccc(C(CC(=O)c2ccccc2)C[N+](=O)[O-])cc1OC.Oc1ccc(-c2c[nH]c(-c3ccccc3)c2)cc1O. The lowest BCUT2D eigenvalue weighted by molar-refractivity contribution is -0.483. The number of H-pyrrole nitrogens is 2. The van der Waals surface area contributed by atoms with E-state index in [0.29, 0.717) is 39.7 Å². The lowest BCUT2D eigenvalue weighted by Gasteiger charge is -2.15. The second kappa shape index (κ2) is 30.7. The monoisotopic (exact) mass is 1130 g/mol. The molecule has 2 heterocycles. The minimum atomic E-state index is -0.535. The van der Waals surface area contributed by atoms with Crippen molar-refractivity contribution in [2.75, 3.05) is 49.2 Å². The van der Waals surface area contributed by atoms with E-state index in [1.807, 2.05) is 128 Å². The second-order valence-corrected chi connectivity index (χ2v) is 18.6. The van der Waals surface area contributed by atoms with E-state index < -0.39 is 10.8 Å². The maximum atomic E-state index is 12.4. The number of carbonyl (C=O) groups excluding carboxylic acids is 2. The Labute approximate surface area is 488 Å². The highest BCUT2D eigenvalue weighted by Gasteiger charge is 2.24. The molecule has 0 saturated heterocycles. The molecule has 10 rings (SSSR count). The topological polar surface area (TPSA) is 205 Å². The number of nitro groups is 1. The van der Waals surface area contributed by atoms with Gasteiger partial charge < -0.3 is 48.6 Å². The number of carbonyl (C=O) groups is 2. The first kappa shape index (κ1) is 60.8. The van der Waals surface area contributed by atoms with Gasteiger partial charge in [-0.05, 0) is 111 Å². The van der Waals surface area contributed by atoms with Gasteiger partial charge in [-0.25, -0.2) is 0 Å². The summed E-state index contributed by atoms with van der Waals surface area (Å²) in [5.74, 6) is 2.89. The molecule has 0 spiro atoms. The molecule has 84 heavy (non-hydrogen) atoms. The van der Waals surface area contributed by atoms with Crippen molar-refractivity contribution in [2.45, 2.75) is 12.3 Å². The van der Waals surface area contributed by atoms with Crippen molar-refractivity contribution in [3.8, 4) is 90.8 Å². The maximum absolute atomic E-state index is 12.4. The Morgan fingerprint density at radius 3 is 1.40 bits per heavy atom. The van der Waals surface area contributed by atoms with Crippen LogP contribution in [0.5, 0.6) is 46.0 Å². The average molecular weight is 1130 g/mol. The van der Waals surface area contributed by atoms with Crippen molar-refractivity contribution in [1.82, 2.24) is 9.97 Å². The molecule has 0 fully saturated rings. The van der Waals surface area contributed by atoms with Crippen molar-refractivity contribution >= 4 is 17.6 Å². The first-order valence-electron chi connectivity index (χ1n) is 26.5. The van der Waals surface area contributed by atoms with Crippen LogP contribution in [0.1, 0.15) is 44.2 Å². The van der Waals surface area contributed by atoms with Gasteiger partial charge in [-0.15, -0.1) is 0 Å². The molecule has 0 saturated carbocycles. The molecule has 428 valence electrons. The number of nitrogens with one attached hydrogen (secondary N) is 2. The molecule has 1 atom stereocenters. The highest BCUT2D eigenvalue weighted by Crippen LogP contribution is 2.36. The second-order valence-electron chi connectivity index (χ2n) is 18.6. The summed E-state index contributed by atoms with van der Waals surface area (Å²) in [6.45, 7) is -0.325. The molecule has 0 radical (unpaired) electrons. The number of rotatable bonds is 19. The number of nitrogens with zero attached hydrogens (tertiary/aromatic N) is 1. The molecule has 0 aliphatic rings. The zero-order valence-corrected chi connectivity index (χ0v) is 47.4. The molecule has 15 nitrogen and oxygen atoms in total. The molecule has 0 amide bonds.